The van der Waals surface area contributed by atoms with E-state index in [0.29, 0.717) is 5.54 Å². The molecule has 1 atom stereocenters. The Kier molecular flexibility index (Phi) is 3.45. The summed E-state index contributed by atoms with van der Waals surface area (Å²) in [6.07, 6.45) is 7.98. The van der Waals surface area contributed by atoms with Gasteiger partial charge in [0, 0.05) is 18.8 Å². The van der Waals surface area contributed by atoms with Crippen LogP contribution in [0.25, 0.3) is 0 Å². The molecule has 2 saturated heterocycles. The lowest BCUT2D eigenvalue weighted by Crippen LogP contribution is -2.48. The van der Waals surface area contributed by atoms with Crippen LogP contribution in [0.4, 0.5) is 0 Å². The Labute approximate surface area is 87.4 Å². The van der Waals surface area contributed by atoms with Crippen molar-refractivity contribution in [3.05, 3.63) is 0 Å². The standard InChI is InChI=1S/C12H23NO/c1-2-6-12(7-3-8-13-12)11-4-9-14-10-5-11/h11,13H,2-10H2,1H3. The first-order valence-electron chi connectivity index (χ1n) is 6.20. The molecule has 14 heavy (non-hydrogen) atoms. The van der Waals surface area contributed by atoms with E-state index in [-0.39, 0.29) is 0 Å². The van der Waals surface area contributed by atoms with Gasteiger partial charge in [0.1, 0.15) is 0 Å². The first kappa shape index (κ1) is 10.4. The van der Waals surface area contributed by atoms with E-state index in [1.54, 1.807) is 0 Å². The van der Waals surface area contributed by atoms with Crippen LogP contribution in [0.3, 0.4) is 0 Å². The Balaban J connectivity index is 2.00. The van der Waals surface area contributed by atoms with Gasteiger partial charge < -0.3 is 10.1 Å². The average molecular weight is 197 g/mol. The van der Waals surface area contributed by atoms with E-state index in [1.807, 2.05) is 0 Å². The van der Waals surface area contributed by atoms with Gasteiger partial charge in [0.25, 0.3) is 0 Å². The molecule has 0 saturated carbocycles. The summed E-state index contributed by atoms with van der Waals surface area (Å²) in [6, 6.07) is 0. The Hall–Kier alpha value is -0.0800. The van der Waals surface area contributed by atoms with Crippen molar-refractivity contribution in [2.75, 3.05) is 19.8 Å². The smallest absolute Gasteiger partial charge is 0.0469 e. The molecular formula is C12H23NO. The third-order valence-electron chi connectivity index (χ3n) is 3.98. The Morgan fingerprint density at radius 1 is 1.36 bits per heavy atom. The maximum atomic E-state index is 5.45. The molecule has 2 fully saturated rings. The van der Waals surface area contributed by atoms with Crippen molar-refractivity contribution in [2.45, 2.75) is 51.0 Å². The third kappa shape index (κ3) is 1.96. The summed E-state index contributed by atoms with van der Waals surface area (Å²) in [5, 5.41) is 3.79. The van der Waals surface area contributed by atoms with Crippen molar-refractivity contribution in [3.63, 3.8) is 0 Å². The van der Waals surface area contributed by atoms with E-state index < -0.39 is 0 Å². The Morgan fingerprint density at radius 3 is 2.71 bits per heavy atom. The minimum Gasteiger partial charge on any atom is -0.381 e. The van der Waals surface area contributed by atoms with Crippen LogP contribution in [0.5, 0.6) is 0 Å². The van der Waals surface area contributed by atoms with E-state index in [0.717, 1.165) is 19.1 Å². The van der Waals surface area contributed by atoms with Crippen LogP contribution in [-0.4, -0.2) is 25.3 Å². The van der Waals surface area contributed by atoms with Crippen LogP contribution in [0.1, 0.15) is 45.4 Å². The van der Waals surface area contributed by atoms with Crippen molar-refractivity contribution in [3.8, 4) is 0 Å². The Bertz CT molecular complexity index is 169. The molecule has 0 spiro atoms. The molecule has 0 amide bonds. The normalized spacial score (nSPS) is 34.9. The second-order valence-electron chi connectivity index (χ2n) is 4.82. The van der Waals surface area contributed by atoms with E-state index in [9.17, 15) is 0 Å². The predicted octanol–water partition coefficient (Wildman–Crippen LogP) is 2.34. The zero-order valence-corrected chi connectivity index (χ0v) is 9.35. The quantitative estimate of drug-likeness (QED) is 0.750. The fourth-order valence-electron chi connectivity index (χ4n) is 3.29. The van der Waals surface area contributed by atoms with Crippen LogP contribution >= 0.6 is 0 Å². The lowest BCUT2D eigenvalue weighted by Gasteiger charge is -2.40. The highest BCUT2D eigenvalue weighted by Gasteiger charge is 2.40. The van der Waals surface area contributed by atoms with Gasteiger partial charge in [-0.05, 0) is 44.6 Å². The van der Waals surface area contributed by atoms with Crippen LogP contribution in [0.15, 0.2) is 0 Å². The molecule has 1 N–H and O–H groups in total. The van der Waals surface area contributed by atoms with Crippen LogP contribution in [0, 0.1) is 5.92 Å². The highest BCUT2D eigenvalue weighted by molar-refractivity contribution is 4.98. The van der Waals surface area contributed by atoms with Gasteiger partial charge >= 0.3 is 0 Å². The third-order valence-corrected chi connectivity index (χ3v) is 3.98. The molecule has 0 aromatic heterocycles. The van der Waals surface area contributed by atoms with Gasteiger partial charge in [-0.15, -0.1) is 0 Å². The number of hydrogen-bond donors (Lipinski definition) is 1. The van der Waals surface area contributed by atoms with Crippen LogP contribution < -0.4 is 5.32 Å². The molecule has 0 bridgehead atoms. The fourth-order valence-corrected chi connectivity index (χ4v) is 3.29. The second-order valence-corrected chi connectivity index (χ2v) is 4.82. The largest absolute Gasteiger partial charge is 0.381 e. The van der Waals surface area contributed by atoms with E-state index >= 15 is 0 Å². The monoisotopic (exact) mass is 197 g/mol. The number of hydrogen-bond acceptors (Lipinski definition) is 2. The van der Waals surface area contributed by atoms with Crippen molar-refractivity contribution >= 4 is 0 Å². The second kappa shape index (κ2) is 4.63. The molecule has 2 heteroatoms. The van der Waals surface area contributed by atoms with Gasteiger partial charge in [0.15, 0.2) is 0 Å². The summed E-state index contributed by atoms with van der Waals surface area (Å²) >= 11 is 0. The molecule has 0 aromatic carbocycles. The molecule has 0 radical (unpaired) electrons. The summed E-state index contributed by atoms with van der Waals surface area (Å²) in [6.45, 7) is 5.51. The molecule has 2 aliphatic rings. The molecule has 82 valence electrons. The van der Waals surface area contributed by atoms with E-state index in [1.165, 1.54) is 45.1 Å². The molecule has 1 unspecified atom stereocenters. The molecule has 2 heterocycles. The van der Waals surface area contributed by atoms with Crippen molar-refractivity contribution in [1.29, 1.82) is 0 Å². The van der Waals surface area contributed by atoms with Gasteiger partial charge in [0.05, 0.1) is 0 Å². The first-order valence-corrected chi connectivity index (χ1v) is 6.20. The predicted molar refractivity (Wildman–Crippen MR) is 58.4 cm³/mol. The van der Waals surface area contributed by atoms with Gasteiger partial charge in [-0.1, -0.05) is 13.3 Å². The van der Waals surface area contributed by atoms with Crippen LogP contribution in [-0.2, 0) is 4.74 Å². The average Bonchev–Trinajstić information content (AvgIpc) is 2.70. The summed E-state index contributed by atoms with van der Waals surface area (Å²) in [7, 11) is 0. The molecule has 0 aromatic rings. The summed E-state index contributed by atoms with van der Waals surface area (Å²) in [5.41, 5.74) is 0.485. The number of nitrogens with one attached hydrogen (secondary N) is 1. The van der Waals surface area contributed by atoms with Gasteiger partial charge in [0.2, 0.25) is 0 Å². The van der Waals surface area contributed by atoms with E-state index in [2.05, 4.69) is 12.2 Å². The maximum Gasteiger partial charge on any atom is 0.0469 e. The van der Waals surface area contributed by atoms with Crippen molar-refractivity contribution in [2.24, 2.45) is 5.92 Å². The molecule has 2 aliphatic heterocycles. The highest BCUT2D eigenvalue weighted by atomic mass is 16.5. The lowest BCUT2D eigenvalue weighted by atomic mass is 9.75. The summed E-state index contributed by atoms with van der Waals surface area (Å²) in [5.74, 6) is 0.874. The number of ether oxygens (including phenoxy) is 1. The van der Waals surface area contributed by atoms with Crippen LogP contribution in [0.2, 0.25) is 0 Å². The minimum absolute atomic E-state index is 0.485. The molecular weight excluding hydrogens is 174 g/mol. The fraction of sp³-hybridized carbons (Fsp3) is 1.00. The zero-order chi connectivity index (χ0) is 9.86. The highest BCUT2D eigenvalue weighted by Crippen LogP contribution is 2.37. The minimum atomic E-state index is 0.485. The van der Waals surface area contributed by atoms with Gasteiger partial charge in [-0.3, -0.25) is 0 Å². The maximum absolute atomic E-state index is 5.45. The van der Waals surface area contributed by atoms with Gasteiger partial charge in [-0.2, -0.15) is 0 Å². The Morgan fingerprint density at radius 2 is 2.14 bits per heavy atom. The van der Waals surface area contributed by atoms with E-state index in [4.69, 9.17) is 4.74 Å². The van der Waals surface area contributed by atoms with Crippen molar-refractivity contribution in [1.82, 2.24) is 5.32 Å². The molecule has 2 nitrogen and oxygen atoms in total. The molecule has 2 rings (SSSR count). The topological polar surface area (TPSA) is 21.3 Å². The number of rotatable bonds is 3. The SMILES string of the molecule is CCCC1(C2CCOCC2)CCCN1. The summed E-state index contributed by atoms with van der Waals surface area (Å²) in [4.78, 5) is 0. The molecule has 0 aliphatic carbocycles. The van der Waals surface area contributed by atoms with Gasteiger partial charge in [-0.25, -0.2) is 0 Å². The lowest BCUT2D eigenvalue weighted by molar-refractivity contribution is 0.0301. The zero-order valence-electron chi connectivity index (χ0n) is 9.35. The first-order chi connectivity index (χ1) is 6.87. The summed E-state index contributed by atoms with van der Waals surface area (Å²) < 4.78 is 5.45. The van der Waals surface area contributed by atoms with Crippen molar-refractivity contribution < 1.29 is 4.74 Å².